The summed E-state index contributed by atoms with van der Waals surface area (Å²) in [6.07, 6.45) is 3.06. The molecule has 0 aliphatic carbocycles. The van der Waals surface area contributed by atoms with Crippen LogP contribution in [0.15, 0.2) is 97.3 Å². The van der Waals surface area contributed by atoms with E-state index in [1.807, 2.05) is 84.9 Å². The second kappa shape index (κ2) is 8.39. The number of ether oxygens (including phenoxy) is 1. The molecule has 0 amide bonds. The minimum Gasteiger partial charge on any atom is -0.396 e. The van der Waals surface area contributed by atoms with Crippen molar-refractivity contribution >= 4 is 32.9 Å². The van der Waals surface area contributed by atoms with Crippen molar-refractivity contribution in [3.05, 3.63) is 97.3 Å². The van der Waals surface area contributed by atoms with Crippen molar-refractivity contribution in [3.63, 3.8) is 0 Å². The number of rotatable bonds is 4. The van der Waals surface area contributed by atoms with Gasteiger partial charge >= 0.3 is 12.0 Å². The second-order valence-electron chi connectivity index (χ2n) is 8.07. The smallest absolute Gasteiger partial charge is 0.325 e. The molecule has 0 fully saturated rings. The van der Waals surface area contributed by atoms with Gasteiger partial charge in [0.1, 0.15) is 11.4 Å². The molecule has 6 aromatic rings. The monoisotopic (exact) mass is 456 g/mol. The lowest BCUT2D eigenvalue weighted by molar-refractivity contribution is 0.408. The first-order valence-corrected chi connectivity index (χ1v) is 11.1. The number of benzene rings is 4. The standard InChI is InChI=1S/C28H20N6O/c29-23-15-31-27(33-25(23)21-13-5-9-17-7-1-3-11-19(17)21)35-28-32-16-24(30)26(34-28)22-14-6-10-18-8-2-4-12-20(18)22/h1-16H,29-30H2. The molecule has 0 aliphatic rings. The molecule has 0 unspecified atom stereocenters. The molecule has 0 atom stereocenters. The maximum Gasteiger partial charge on any atom is 0.325 e. The highest BCUT2D eigenvalue weighted by Gasteiger charge is 2.15. The van der Waals surface area contributed by atoms with Crippen LogP contribution in [0.2, 0.25) is 0 Å². The SMILES string of the molecule is Nc1cnc(Oc2ncc(N)c(-c3cccc4ccccc34)n2)nc1-c1cccc2ccccc12. The van der Waals surface area contributed by atoms with Crippen molar-refractivity contribution in [2.24, 2.45) is 0 Å². The first-order valence-electron chi connectivity index (χ1n) is 11.1. The summed E-state index contributed by atoms with van der Waals surface area (Å²) in [5.41, 5.74) is 16.3. The van der Waals surface area contributed by atoms with E-state index in [-0.39, 0.29) is 12.0 Å². The molecule has 7 nitrogen and oxygen atoms in total. The first-order chi connectivity index (χ1) is 17.2. The van der Waals surface area contributed by atoms with Crippen LogP contribution in [0.5, 0.6) is 12.0 Å². The van der Waals surface area contributed by atoms with Gasteiger partial charge in [-0.05, 0) is 21.5 Å². The molecule has 0 aliphatic heterocycles. The second-order valence-corrected chi connectivity index (χ2v) is 8.07. The fraction of sp³-hybridized carbons (Fsp3) is 0. The summed E-state index contributed by atoms with van der Waals surface area (Å²) < 4.78 is 5.88. The van der Waals surface area contributed by atoms with Gasteiger partial charge in [0.15, 0.2) is 0 Å². The van der Waals surface area contributed by atoms with Crippen molar-refractivity contribution in [3.8, 4) is 34.5 Å². The zero-order valence-electron chi connectivity index (χ0n) is 18.6. The number of hydrogen-bond acceptors (Lipinski definition) is 7. The summed E-state index contributed by atoms with van der Waals surface area (Å²) >= 11 is 0. The molecule has 0 saturated carbocycles. The predicted octanol–water partition coefficient (Wildman–Crippen LogP) is 5.86. The lowest BCUT2D eigenvalue weighted by Gasteiger charge is -2.11. The molecular formula is C28H20N6O. The van der Waals surface area contributed by atoms with E-state index < -0.39 is 0 Å². The Labute approximate surface area is 201 Å². The molecule has 0 bridgehead atoms. The molecular weight excluding hydrogens is 436 g/mol. The normalized spacial score (nSPS) is 11.1. The predicted molar refractivity (Wildman–Crippen MR) is 139 cm³/mol. The Kier molecular flexibility index (Phi) is 4.93. The van der Waals surface area contributed by atoms with Crippen LogP contribution in [0.4, 0.5) is 11.4 Å². The van der Waals surface area contributed by atoms with E-state index in [1.54, 1.807) is 0 Å². The fourth-order valence-electron chi connectivity index (χ4n) is 4.23. The molecule has 0 saturated heterocycles. The van der Waals surface area contributed by atoms with Gasteiger partial charge in [-0.3, -0.25) is 0 Å². The Balaban J connectivity index is 1.40. The molecule has 7 heteroatoms. The van der Waals surface area contributed by atoms with Gasteiger partial charge in [0.2, 0.25) is 0 Å². The minimum absolute atomic E-state index is 0.0933. The summed E-state index contributed by atoms with van der Waals surface area (Å²) in [5, 5.41) is 4.25. The van der Waals surface area contributed by atoms with Gasteiger partial charge in [0.25, 0.3) is 0 Å². The molecule has 6 rings (SSSR count). The van der Waals surface area contributed by atoms with Crippen molar-refractivity contribution in [1.29, 1.82) is 0 Å². The summed E-state index contributed by atoms with van der Waals surface area (Å²) in [6, 6.07) is 28.3. The Hall–Kier alpha value is -5.04. The number of hydrogen-bond donors (Lipinski definition) is 2. The van der Waals surface area contributed by atoms with Crippen LogP contribution in [-0.4, -0.2) is 19.9 Å². The van der Waals surface area contributed by atoms with E-state index in [0.29, 0.717) is 22.8 Å². The summed E-state index contributed by atoms with van der Waals surface area (Å²) in [5.74, 6) is 0. The Bertz CT molecular complexity index is 1580. The Morgan fingerprint density at radius 1 is 0.514 bits per heavy atom. The van der Waals surface area contributed by atoms with E-state index in [0.717, 1.165) is 32.7 Å². The molecule has 35 heavy (non-hydrogen) atoms. The molecule has 4 N–H and O–H groups in total. The van der Waals surface area contributed by atoms with Gasteiger partial charge in [0.05, 0.1) is 23.8 Å². The number of fused-ring (bicyclic) bond motifs is 2. The minimum atomic E-state index is 0.0933. The van der Waals surface area contributed by atoms with E-state index in [1.165, 1.54) is 12.4 Å². The lowest BCUT2D eigenvalue weighted by Crippen LogP contribution is -2.03. The molecule has 2 aromatic heterocycles. The summed E-state index contributed by atoms with van der Waals surface area (Å²) in [6.45, 7) is 0. The molecule has 0 spiro atoms. The number of nitrogens with two attached hydrogens (primary N) is 2. The van der Waals surface area contributed by atoms with Gasteiger partial charge in [0, 0.05) is 11.1 Å². The van der Waals surface area contributed by atoms with E-state index in [4.69, 9.17) is 16.2 Å². The third-order valence-electron chi connectivity index (χ3n) is 5.86. The van der Waals surface area contributed by atoms with Crippen molar-refractivity contribution in [2.75, 3.05) is 11.5 Å². The Morgan fingerprint density at radius 3 is 1.43 bits per heavy atom. The number of nitrogen functional groups attached to an aromatic ring is 2. The van der Waals surface area contributed by atoms with Crippen LogP contribution in [-0.2, 0) is 0 Å². The highest BCUT2D eigenvalue weighted by Crippen LogP contribution is 2.34. The van der Waals surface area contributed by atoms with Crippen LogP contribution in [0.3, 0.4) is 0 Å². The highest BCUT2D eigenvalue weighted by molar-refractivity contribution is 5.99. The van der Waals surface area contributed by atoms with Gasteiger partial charge in [-0.15, -0.1) is 0 Å². The third kappa shape index (κ3) is 3.75. The third-order valence-corrected chi connectivity index (χ3v) is 5.86. The van der Waals surface area contributed by atoms with Gasteiger partial charge in [-0.2, -0.15) is 9.97 Å². The van der Waals surface area contributed by atoms with Crippen LogP contribution < -0.4 is 16.2 Å². The van der Waals surface area contributed by atoms with Crippen LogP contribution in [0.25, 0.3) is 44.1 Å². The van der Waals surface area contributed by atoms with Gasteiger partial charge in [-0.25, -0.2) is 9.97 Å². The van der Waals surface area contributed by atoms with Crippen LogP contribution in [0.1, 0.15) is 0 Å². The number of anilines is 2. The maximum absolute atomic E-state index is 6.25. The van der Waals surface area contributed by atoms with Crippen LogP contribution in [0, 0.1) is 0 Å². The fourth-order valence-corrected chi connectivity index (χ4v) is 4.23. The topological polar surface area (TPSA) is 113 Å². The Morgan fingerprint density at radius 2 is 0.943 bits per heavy atom. The maximum atomic E-state index is 6.25. The van der Waals surface area contributed by atoms with Crippen molar-refractivity contribution in [1.82, 2.24) is 19.9 Å². The quantitative estimate of drug-likeness (QED) is 0.341. The van der Waals surface area contributed by atoms with E-state index >= 15 is 0 Å². The zero-order valence-corrected chi connectivity index (χ0v) is 18.6. The average Bonchev–Trinajstić information content (AvgIpc) is 2.90. The number of nitrogens with zero attached hydrogens (tertiary/aromatic N) is 4. The zero-order chi connectivity index (χ0) is 23.8. The van der Waals surface area contributed by atoms with E-state index in [9.17, 15) is 0 Å². The van der Waals surface area contributed by atoms with Gasteiger partial charge < -0.3 is 16.2 Å². The molecule has 0 radical (unpaired) electrons. The summed E-state index contributed by atoms with van der Waals surface area (Å²) in [7, 11) is 0. The molecule has 168 valence electrons. The van der Waals surface area contributed by atoms with Gasteiger partial charge in [-0.1, -0.05) is 84.9 Å². The number of aromatic nitrogens is 4. The molecule has 4 aromatic carbocycles. The molecule has 2 heterocycles. The van der Waals surface area contributed by atoms with Crippen molar-refractivity contribution < 1.29 is 4.74 Å². The average molecular weight is 457 g/mol. The van der Waals surface area contributed by atoms with Crippen molar-refractivity contribution in [2.45, 2.75) is 0 Å². The lowest BCUT2D eigenvalue weighted by atomic mass is 10.0. The summed E-state index contributed by atoms with van der Waals surface area (Å²) in [4.78, 5) is 17.7. The van der Waals surface area contributed by atoms with Crippen LogP contribution >= 0.6 is 0 Å². The van der Waals surface area contributed by atoms with E-state index in [2.05, 4.69) is 19.9 Å². The largest absolute Gasteiger partial charge is 0.396 e. The highest BCUT2D eigenvalue weighted by atomic mass is 16.5. The first kappa shape index (κ1) is 20.6.